The molecule has 1 atom stereocenters. The summed E-state index contributed by atoms with van der Waals surface area (Å²) in [5.74, 6) is 4.48. The van der Waals surface area contributed by atoms with E-state index in [4.69, 9.17) is 10.00 Å². The molecule has 9 heteroatoms. The highest BCUT2D eigenvalue weighted by Gasteiger charge is 2.46. The molecule has 2 aromatic carbocycles. The molecule has 1 aromatic heterocycles. The lowest BCUT2D eigenvalue weighted by Gasteiger charge is -2.20. The van der Waals surface area contributed by atoms with Crippen molar-refractivity contribution in [3.8, 4) is 29.5 Å². The third kappa shape index (κ3) is 3.49. The molecule has 8 nitrogen and oxygen atoms in total. The van der Waals surface area contributed by atoms with Crippen LogP contribution in [0.15, 0.2) is 42.6 Å². The number of amides is 3. The molecule has 3 N–H and O–H groups in total. The van der Waals surface area contributed by atoms with Crippen LogP contribution in [-0.4, -0.2) is 34.3 Å². The van der Waals surface area contributed by atoms with Crippen molar-refractivity contribution in [2.24, 2.45) is 0 Å². The molecule has 0 unspecified atom stereocenters. The summed E-state index contributed by atoms with van der Waals surface area (Å²) >= 11 is 0. The molecular formula is C22H15FN4O4. The summed E-state index contributed by atoms with van der Waals surface area (Å²) < 4.78 is 20.1. The number of methoxy groups -OCH3 is 1. The molecule has 3 amide bonds. The summed E-state index contributed by atoms with van der Waals surface area (Å²) in [5.41, 5.74) is -1.59. The number of nitrogens with zero attached hydrogens (tertiary/aromatic N) is 2. The SMILES string of the molecule is COc1ccc2cn(C[C@@]3(C#Cc4ccc(F)c(C#N)c4)NC(=O)NC3=O)c(O)c2c1. The largest absolute Gasteiger partial charge is 0.497 e. The smallest absolute Gasteiger partial charge is 0.323 e. The van der Waals surface area contributed by atoms with Crippen LogP contribution < -0.4 is 15.4 Å². The van der Waals surface area contributed by atoms with Gasteiger partial charge in [0.2, 0.25) is 5.54 Å². The average Bonchev–Trinajstić information content (AvgIpc) is 3.22. The molecule has 4 rings (SSSR count). The summed E-state index contributed by atoms with van der Waals surface area (Å²) in [6.07, 6.45) is 1.62. The Kier molecular flexibility index (Phi) is 4.72. The number of hydrogen-bond donors (Lipinski definition) is 3. The Morgan fingerprint density at radius 3 is 2.74 bits per heavy atom. The molecule has 0 saturated carbocycles. The predicted octanol–water partition coefficient (Wildman–Crippen LogP) is 2.00. The van der Waals surface area contributed by atoms with E-state index in [1.165, 1.54) is 23.8 Å². The molecule has 0 bridgehead atoms. The molecule has 1 saturated heterocycles. The summed E-state index contributed by atoms with van der Waals surface area (Å²) in [4.78, 5) is 24.5. The number of benzene rings is 2. The predicted molar refractivity (Wildman–Crippen MR) is 108 cm³/mol. The van der Waals surface area contributed by atoms with E-state index in [1.54, 1.807) is 30.5 Å². The quantitative estimate of drug-likeness (QED) is 0.444. The van der Waals surface area contributed by atoms with Gasteiger partial charge in [-0.2, -0.15) is 5.26 Å². The van der Waals surface area contributed by atoms with E-state index in [9.17, 15) is 19.1 Å². The van der Waals surface area contributed by atoms with Crippen LogP contribution in [0.4, 0.5) is 9.18 Å². The zero-order valence-electron chi connectivity index (χ0n) is 16.2. The summed E-state index contributed by atoms with van der Waals surface area (Å²) in [6, 6.07) is 9.82. The van der Waals surface area contributed by atoms with Crippen molar-refractivity contribution in [1.82, 2.24) is 15.2 Å². The summed E-state index contributed by atoms with van der Waals surface area (Å²) in [5, 5.41) is 25.5. The highest BCUT2D eigenvalue weighted by atomic mass is 19.1. The maximum atomic E-state index is 13.6. The van der Waals surface area contributed by atoms with Gasteiger partial charge in [-0.15, -0.1) is 0 Å². The minimum Gasteiger partial charge on any atom is -0.497 e. The first-order valence-electron chi connectivity index (χ1n) is 9.07. The Morgan fingerprint density at radius 2 is 2.06 bits per heavy atom. The van der Waals surface area contributed by atoms with Crippen LogP contribution in [0.3, 0.4) is 0 Å². The average molecular weight is 418 g/mol. The number of ether oxygens (including phenoxy) is 1. The molecule has 2 heterocycles. The van der Waals surface area contributed by atoms with Gasteiger partial charge in [-0.3, -0.25) is 10.1 Å². The number of fused-ring (bicyclic) bond motifs is 1. The number of imide groups is 1. The Labute approximate surface area is 175 Å². The van der Waals surface area contributed by atoms with Crippen molar-refractivity contribution in [2.45, 2.75) is 12.1 Å². The zero-order chi connectivity index (χ0) is 22.2. The topological polar surface area (TPSA) is 116 Å². The molecule has 31 heavy (non-hydrogen) atoms. The van der Waals surface area contributed by atoms with Gasteiger partial charge in [-0.05, 0) is 36.4 Å². The summed E-state index contributed by atoms with van der Waals surface area (Å²) in [7, 11) is 1.51. The number of carbonyl (C=O) groups excluding carboxylic acids is 2. The van der Waals surface area contributed by atoms with Gasteiger partial charge < -0.3 is 19.7 Å². The van der Waals surface area contributed by atoms with Gasteiger partial charge in [0.25, 0.3) is 5.91 Å². The van der Waals surface area contributed by atoms with Crippen molar-refractivity contribution >= 4 is 22.7 Å². The minimum absolute atomic E-state index is 0.127. The van der Waals surface area contributed by atoms with E-state index >= 15 is 0 Å². The minimum atomic E-state index is -1.69. The molecule has 1 fully saturated rings. The summed E-state index contributed by atoms with van der Waals surface area (Å²) in [6.45, 7) is -0.188. The molecule has 0 radical (unpaired) electrons. The van der Waals surface area contributed by atoms with Crippen molar-refractivity contribution in [2.75, 3.05) is 7.11 Å². The first-order valence-corrected chi connectivity index (χ1v) is 9.07. The molecule has 3 aromatic rings. The van der Waals surface area contributed by atoms with Crippen molar-refractivity contribution < 1.29 is 23.8 Å². The maximum absolute atomic E-state index is 13.6. The fourth-order valence-corrected chi connectivity index (χ4v) is 3.33. The number of carbonyl (C=O) groups is 2. The fraction of sp³-hybridized carbons (Fsp3) is 0.136. The van der Waals surface area contributed by atoms with Crippen LogP contribution in [0.25, 0.3) is 10.8 Å². The van der Waals surface area contributed by atoms with E-state index < -0.39 is 23.3 Å². The third-order valence-electron chi connectivity index (χ3n) is 4.92. The van der Waals surface area contributed by atoms with Crippen molar-refractivity contribution in [1.29, 1.82) is 5.26 Å². The van der Waals surface area contributed by atoms with Crippen LogP contribution in [-0.2, 0) is 11.3 Å². The molecule has 154 valence electrons. The van der Waals surface area contributed by atoms with Gasteiger partial charge in [0.05, 0.1) is 19.2 Å². The molecule has 1 aliphatic rings. The highest BCUT2D eigenvalue weighted by Crippen LogP contribution is 2.32. The molecule has 1 aliphatic heterocycles. The molecule has 0 spiro atoms. The van der Waals surface area contributed by atoms with E-state index in [0.717, 1.165) is 6.07 Å². The van der Waals surface area contributed by atoms with Crippen LogP contribution in [0.1, 0.15) is 11.1 Å². The van der Waals surface area contributed by atoms with Crippen molar-refractivity contribution in [3.63, 3.8) is 0 Å². The van der Waals surface area contributed by atoms with Crippen molar-refractivity contribution in [3.05, 3.63) is 59.5 Å². The van der Waals surface area contributed by atoms with E-state index in [1.807, 2.05) is 0 Å². The Bertz CT molecular complexity index is 1350. The molecule has 0 aliphatic carbocycles. The lowest BCUT2D eigenvalue weighted by Crippen LogP contribution is -2.49. The Balaban J connectivity index is 1.76. The molecular weight excluding hydrogens is 403 g/mol. The number of nitrogens with one attached hydrogen (secondary N) is 2. The van der Waals surface area contributed by atoms with E-state index in [-0.39, 0.29) is 23.6 Å². The van der Waals surface area contributed by atoms with Crippen LogP contribution in [0.5, 0.6) is 11.6 Å². The second-order valence-corrected chi connectivity index (χ2v) is 6.90. The van der Waals surface area contributed by atoms with Gasteiger partial charge in [-0.1, -0.05) is 11.8 Å². The second kappa shape index (κ2) is 7.39. The first-order chi connectivity index (χ1) is 14.8. The van der Waals surface area contributed by atoms with E-state index in [2.05, 4.69) is 22.5 Å². The normalized spacial score (nSPS) is 17.5. The number of hydrogen-bond acceptors (Lipinski definition) is 5. The van der Waals surface area contributed by atoms with Gasteiger partial charge >= 0.3 is 6.03 Å². The standard InChI is InChI=1S/C22H15FN4O4/c1-31-16-4-3-14-11-27(19(28)17(14)9-16)12-22(20(29)25-21(30)26-22)7-6-13-2-5-18(23)15(8-13)10-24/h2-5,8-9,11,28H,12H2,1H3,(H2,25,26,29,30)/t22-/m1/s1. The van der Waals surface area contributed by atoms with E-state index in [0.29, 0.717) is 16.5 Å². The highest BCUT2D eigenvalue weighted by molar-refractivity contribution is 6.09. The lowest BCUT2D eigenvalue weighted by atomic mass is 9.99. The van der Waals surface area contributed by atoms with Gasteiger partial charge in [0.15, 0.2) is 5.88 Å². The zero-order valence-corrected chi connectivity index (χ0v) is 16.2. The number of halogens is 1. The monoisotopic (exact) mass is 418 g/mol. The Morgan fingerprint density at radius 1 is 1.26 bits per heavy atom. The number of urea groups is 1. The van der Waals surface area contributed by atoms with Gasteiger partial charge in [0, 0.05) is 22.5 Å². The maximum Gasteiger partial charge on any atom is 0.323 e. The fourth-order valence-electron chi connectivity index (χ4n) is 3.33. The van der Waals surface area contributed by atoms with Crippen LogP contribution in [0.2, 0.25) is 0 Å². The number of aromatic nitrogens is 1. The van der Waals surface area contributed by atoms with Crippen LogP contribution in [0, 0.1) is 29.0 Å². The first kappa shape index (κ1) is 19.8. The number of aromatic hydroxyl groups is 1. The second-order valence-electron chi connectivity index (χ2n) is 6.90. The van der Waals surface area contributed by atoms with Gasteiger partial charge in [0.1, 0.15) is 17.6 Å². The Hall–Kier alpha value is -4.50. The lowest BCUT2D eigenvalue weighted by molar-refractivity contribution is -0.122. The number of rotatable bonds is 3. The third-order valence-corrected chi connectivity index (χ3v) is 4.92. The van der Waals surface area contributed by atoms with Crippen LogP contribution >= 0.6 is 0 Å². The van der Waals surface area contributed by atoms with Gasteiger partial charge in [-0.25, -0.2) is 9.18 Å². The number of nitriles is 1.